The van der Waals surface area contributed by atoms with Gasteiger partial charge in [-0.05, 0) is 6.07 Å². The smallest absolute Gasteiger partial charge is 0.317 e. The highest BCUT2D eigenvalue weighted by Crippen LogP contribution is 2.28. The molecule has 24 heavy (non-hydrogen) atoms. The monoisotopic (exact) mass is 360 g/mol. The number of hydrogen-bond donors (Lipinski definition) is 1. The maximum absolute atomic E-state index is 13.9. The number of rotatable bonds is 4. The van der Waals surface area contributed by atoms with Gasteiger partial charge in [-0.25, -0.2) is 17.2 Å². The van der Waals surface area contributed by atoms with E-state index in [-0.39, 0.29) is 30.6 Å². The highest BCUT2D eigenvalue weighted by atomic mass is 32.2. The average molecular weight is 360 g/mol. The van der Waals surface area contributed by atoms with Crippen molar-refractivity contribution in [2.24, 2.45) is 0 Å². The molecule has 2 aliphatic heterocycles. The number of fused-ring (bicyclic) bond motifs is 1. The first-order valence-electron chi connectivity index (χ1n) is 7.59. The molecule has 2 heterocycles. The van der Waals surface area contributed by atoms with E-state index in [1.807, 2.05) is 4.90 Å². The minimum absolute atomic E-state index is 0.0728. The molecular formula is C15H18F2N2O4S. The second-order valence-electron chi connectivity index (χ2n) is 6.28. The number of hydrogen-bond acceptors (Lipinski definition) is 5. The molecule has 2 saturated heterocycles. The number of nitrogens with zero attached hydrogens (tertiary/aromatic N) is 2. The molecule has 3 rings (SSSR count). The molecule has 0 spiro atoms. The molecule has 2 aliphatic rings. The van der Waals surface area contributed by atoms with Crippen LogP contribution in [0.25, 0.3) is 0 Å². The highest BCUT2D eigenvalue weighted by Gasteiger charge is 2.46. The predicted octanol–water partition coefficient (Wildman–Crippen LogP) is 0.333. The van der Waals surface area contributed by atoms with Gasteiger partial charge in [-0.15, -0.1) is 0 Å². The van der Waals surface area contributed by atoms with Crippen LogP contribution in [0.3, 0.4) is 0 Å². The van der Waals surface area contributed by atoms with Gasteiger partial charge in [0.2, 0.25) is 0 Å². The van der Waals surface area contributed by atoms with Gasteiger partial charge < -0.3 is 5.11 Å². The molecule has 0 unspecified atom stereocenters. The lowest BCUT2D eigenvalue weighted by atomic mass is 10.0. The Bertz CT molecular complexity index is 756. The molecule has 0 amide bonds. The van der Waals surface area contributed by atoms with Crippen molar-refractivity contribution in [2.45, 2.75) is 18.6 Å². The number of piperazine rings is 1. The van der Waals surface area contributed by atoms with E-state index in [4.69, 9.17) is 5.11 Å². The lowest BCUT2D eigenvalue weighted by molar-refractivity contribution is -0.139. The van der Waals surface area contributed by atoms with E-state index in [0.29, 0.717) is 18.7 Å². The Morgan fingerprint density at radius 3 is 2.42 bits per heavy atom. The molecular weight excluding hydrogens is 342 g/mol. The van der Waals surface area contributed by atoms with E-state index in [9.17, 15) is 22.0 Å². The summed E-state index contributed by atoms with van der Waals surface area (Å²) in [6.45, 7) is 0.783. The standard InChI is InChI=1S/C15H18F2N2O4S/c16-11-2-1-10(12(17)5-11)6-18-3-4-19(7-15(20)21)14-9-24(22,23)8-13(14)18/h1-2,5,13-14H,3-4,6-9H2,(H,20,21)/t13-,14+/m1/s1. The first kappa shape index (κ1) is 17.2. The summed E-state index contributed by atoms with van der Waals surface area (Å²) in [5.41, 5.74) is 0.297. The molecule has 1 N–H and O–H groups in total. The van der Waals surface area contributed by atoms with Gasteiger partial charge in [-0.1, -0.05) is 6.07 Å². The van der Waals surface area contributed by atoms with Gasteiger partial charge >= 0.3 is 5.97 Å². The van der Waals surface area contributed by atoms with E-state index in [0.717, 1.165) is 6.07 Å². The number of aliphatic carboxylic acids is 1. The van der Waals surface area contributed by atoms with E-state index < -0.39 is 33.5 Å². The normalized spacial score (nSPS) is 27.1. The molecule has 2 fully saturated rings. The maximum Gasteiger partial charge on any atom is 0.317 e. The zero-order valence-corrected chi connectivity index (χ0v) is 13.7. The molecule has 0 radical (unpaired) electrons. The first-order chi connectivity index (χ1) is 11.2. The summed E-state index contributed by atoms with van der Waals surface area (Å²) >= 11 is 0. The molecule has 2 atom stereocenters. The molecule has 0 bridgehead atoms. The minimum Gasteiger partial charge on any atom is -0.480 e. The minimum atomic E-state index is -3.27. The third-order valence-corrected chi connectivity index (χ3v) is 6.33. The lowest BCUT2D eigenvalue weighted by Crippen LogP contribution is -2.59. The summed E-state index contributed by atoms with van der Waals surface area (Å²) in [6, 6.07) is 2.53. The molecule has 132 valence electrons. The van der Waals surface area contributed by atoms with Crippen LogP contribution in [-0.4, -0.2) is 72.5 Å². The van der Waals surface area contributed by atoms with Gasteiger partial charge in [0.15, 0.2) is 9.84 Å². The second kappa shape index (κ2) is 6.38. The summed E-state index contributed by atoms with van der Waals surface area (Å²) in [5.74, 6) is -2.50. The second-order valence-corrected chi connectivity index (χ2v) is 8.44. The molecule has 6 nitrogen and oxygen atoms in total. The fourth-order valence-electron chi connectivity index (χ4n) is 3.53. The Morgan fingerprint density at radius 2 is 1.79 bits per heavy atom. The summed E-state index contributed by atoms with van der Waals surface area (Å²) in [5, 5.41) is 8.99. The summed E-state index contributed by atoms with van der Waals surface area (Å²) in [4.78, 5) is 14.5. The molecule has 9 heteroatoms. The third-order valence-electron chi connectivity index (χ3n) is 4.63. The van der Waals surface area contributed by atoms with Crippen molar-refractivity contribution in [1.82, 2.24) is 9.80 Å². The Balaban J connectivity index is 1.81. The van der Waals surface area contributed by atoms with Crippen LogP contribution in [-0.2, 0) is 21.2 Å². The van der Waals surface area contributed by atoms with E-state index in [1.54, 1.807) is 4.90 Å². The zero-order chi connectivity index (χ0) is 17.5. The van der Waals surface area contributed by atoms with Gasteiger partial charge in [0.25, 0.3) is 0 Å². The molecule has 0 aromatic heterocycles. The van der Waals surface area contributed by atoms with Crippen molar-refractivity contribution < 1.29 is 27.1 Å². The predicted molar refractivity (Wildman–Crippen MR) is 82.2 cm³/mol. The van der Waals surface area contributed by atoms with Gasteiger partial charge in [0.05, 0.1) is 18.1 Å². The number of benzene rings is 1. The van der Waals surface area contributed by atoms with Crippen LogP contribution in [0.5, 0.6) is 0 Å². The van der Waals surface area contributed by atoms with Gasteiger partial charge in [-0.2, -0.15) is 0 Å². The molecule has 1 aromatic carbocycles. The number of sulfone groups is 1. The fraction of sp³-hybridized carbons (Fsp3) is 0.533. The van der Waals surface area contributed by atoms with Crippen LogP contribution < -0.4 is 0 Å². The SMILES string of the molecule is O=C(O)CN1CCN(Cc2ccc(F)cc2F)[C@@H]2CS(=O)(=O)C[C@@H]21. The quantitative estimate of drug-likeness (QED) is 0.834. The summed E-state index contributed by atoms with van der Waals surface area (Å²) < 4.78 is 50.9. The zero-order valence-electron chi connectivity index (χ0n) is 12.9. The van der Waals surface area contributed by atoms with Gasteiger partial charge in [-0.3, -0.25) is 14.6 Å². The largest absolute Gasteiger partial charge is 0.480 e. The Hall–Kier alpha value is -1.58. The van der Waals surface area contributed by atoms with E-state index in [2.05, 4.69) is 0 Å². The summed E-state index contributed by atoms with van der Waals surface area (Å²) in [6.07, 6.45) is 0. The number of halogens is 2. The average Bonchev–Trinajstić information content (AvgIpc) is 2.79. The number of carboxylic acids is 1. The van der Waals surface area contributed by atoms with Crippen molar-refractivity contribution in [1.29, 1.82) is 0 Å². The van der Waals surface area contributed by atoms with Crippen LogP contribution >= 0.6 is 0 Å². The van der Waals surface area contributed by atoms with Crippen LogP contribution in [0.4, 0.5) is 8.78 Å². The van der Waals surface area contributed by atoms with Crippen molar-refractivity contribution in [3.05, 3.63) is 35.4 Å². The molecule has 1 aromatic rings. The molecule has 0 saturated carbocycles. The first-order valence-corrected chi connectivity index (χ1v) is 9.41. The van der Waals surface area contributed by atoms with Crippen molar-refractivity contribution in [3.8, 4) is 0 Å². The number of carbonyl (C=O) groups is 1. The van der Waals surface area contributed by atoms with E-state index >= 15 is 0 Å². The maximum atomic E-state index is 13.9. The lowest BCUT2D eigenvalue weighted by Gasteiger charge is -2.43. The summed E-state index contributed by atoms with van der Waals surface area (Å²) in [7, 11) is -3.27. The van der Waals surface area contributed by atoms with Crippen LogP contribution in [0, 0.1) is 11.6 Å². The fourth-order valence-corrected chi connectivity index (χ4v) is 5.57. The van der Waals surface area contributed by atoms with Crippen molar-refractivity contribution in [2.75, 3.05) is 31.1 Å². The number of carboxylic acid groups (broad SMARTS) is 1. The third kappa shape index (κ3) is 3.57. The highest BCUT2D eigenvalue weighted by molar-refractivity contribution is 7.91. The van der Waals surface area contributed by atoms with Crippen molar-refractivity contribution >= 4 is 15.8 Å². The van der Waals surface area contributed by atoms with Gasteiger partial charge in [0, 0.05) is 43.3 Å². The van der Waals surface area contributed by atoms with Crippen LogP contribution in [0.15, 0.2) is 18.2 Å². The Kier molecular flexibility index (Phi) is 4.58. The van der Waals surface area contributed by atoms with Crippen LogP contribution in [0.1, 0.15) is 5.56 Å². The Morgan fingerprint density at radius 1 is 1.17 bits per heavy atom. The van der Waals surface area contributed by atoms with Crippen molar-refractivity contribution in [3.63, 3.8) is 0 Å². The topological polar surface area (TPSA) is 77.9 Å². The van der Waals surface area contributed by atoms with Gasteiger partial charge in [0.1, 0.15) is 11.6 Å². The van der Waals surface area contributed by atoms with Crippen LogP contribution in [0.2, 0.25) is 0 Å². The van der Waals surface area contributed by atoms with E-state index in [1.165, 1.54) is 12.1 Å². The Labute approximate surface area is 138 Å². The molecule has 0 aliphatic carbocycles.